The third kappa shape index (κ3) is 4.04. The highest BCUT2D eigenvalue weighted by molar-refractivity contribution is 7.13. The smallest absolute Gasteiger partial charge is 0.223 e. The first kappa shape index (κ1) is 14.5. The Morgan fingerprint density at radius 1 is 1.40 bits per heavy atom. The van der Waals surface area contributed by atoms with Crippen LogP contribution in [0.5, 0.6) is 5.75 Å². The Morgan fingerprint density at radius 3 is 2.95 bits per heavy atom. The molecule has 6 heteroatoms. The van der Waals surface area contributed by atoms with E-state index in [0.29, 0.717) is 11.7 Å². The molecule has 0 saturated heterocycles. The number of nitrogens with zero attached hydrogens (tertiary/aromatic N) is 1. The monoisotopic (exact) mass is 291 g/mol. The van der Waals surface area contributed by atoms with E-state index in [1.165, 1.54) is 18.3 Å². The summed E-state index contributed by atoms with van der Waals surface area (Å²) in [6.07, 6.45) is 0. The summed E-state index contributed by atoms with van der Waals surface area (Å²) in [4.78, 5) is 15.2. The maximum Gasteiger partial charge on any atom is 0.223 e. The highest BCUT2D eigenvalue weighted by Gasteiger charge is 2.06. The van der Waals surface area contributed by atoms with E-state index in [-0.39, 0.29) is 5.91 Å². The van der Waals surface area contributed by atoms with Crippen molar-refractivity contribution >= 4 is 22.4 Å². The lowest BCUT2D eigenvalue weighted by Crippen LogP contribution is -2.08. The van der Waals surface area contributed by atoms with Crippen LogP contribution in [0, 0.1) is 0 Å². The van der Waals surface area contributed by atoms with E-state index in [0.717, 1.165) is 23.6 Å². The van der Waals surface area contributed by atoms with Crippen LogP contribution in [0.2, 0.25) is 0 Å². The molecule has 0 aliphatic heterocycles. The van der Waals surface area contributed by atoms with Gasteiger partial charge >= 0.3 is 0 Å². The van der Waals surface area contributed by atoms with Crippen LogP contribution in [0.3, 0.4) is 0 Å². The Labute approximate surface area is 122 Å². The number of carbonyl (C=O) groups is 1. The molecule has 1 amide bonds. The van der Waals surface area contributed by atoms with Gasteiger partial charge in [0.15, 0.2) is 5.13 Å². The summed E-state index contributed by atoms with van der Waals surface area (Å²) in [5.74, 6) is 0.724. The number of hydrogen-bond donors (Lipinski definition) is 2. The molecule has 2 rings (SSSR count). The molecule has 2 N–H and O–H groups in total. The van der Waals surface area contributed by atoms with Crippen LogP contribution in [0.4, 0.5) is 5.13 Å². The Bertz CT molecular complexity index is 583. The van der Waals surface area contributed by atoms with Crippen LogP contribution in [0.1, 0.15) is 18.2 Å². The van der Waals surface area contributed by atoms with Gasteiger partial charge in [0, 0.05) is 24.4 Å². The first-order valence-electron chi connectivity index (χ1n) is 6.26. The second-order valence-electron chi connectivity index (χ2n) is 4.25. The third-order valence-corrected chi connectivity index (χ3v) is 3.36. The highest BCUT2D eigenvalue weighted by atomic mass is 32.1. The molecule has 0 unspecified atom stereocenters. The third-order valence-electron chi connectivity index (χ3n) is 2.55. The first-order chi connectivity index (χ1) is 9.69. The summed E-state index contributed by atoms with van der Waals surface area (Å²) >= 11 is 1.39. The number of thiazole rings is 1. The summed E-state index contributed by atoms with van der Waals surface area (Å²) in [5.41, 5.74) is 1.91. The molecular formula is C14H17N3O2S. The molecule has 106 valence electrons. The van der Waals surface area contributed by atoms with Crippen molar-refractivity contribution in [1.29, 1.82) is 0 Å². The predicted octanol–water partition coefficient (Wildman–Crippen LogP) is 2.40. The summed E-state index contributed by atoms with van der Waals surface area (Å²) in [6.45, 7) is 2.60. The molecule has 0 spiro atoms. The Balaban J connectivity index is 1.98. The molecule has 5 nitrogen and oxygen atoms in total. The van der Waals surface area contributed by atoms with Crippen molar-refractivity contribution in [2.45, 2.75) is 20.1 Å². The van der Waals surface area contributed by atoms with Gasteiger partial charge in [-0.3, -0.25) is 4.79 Å². The molecule has 0 radical (unpaired) electrons. The molecule has 1 heterocycles. The molecule has 20 heavy (non-hydrogen) atoms. The fourth-order valence-electron chi connectivity index (χ4n) is 1.71. The fourth-order valence-corrected chi connectivity index (χ4v) is 2.46. The molecule has 0 aliphatic rings. The molecule has 0 bridgehead atoms. The van der Waals surface area contributed by atoms with Crippen LogP contribution in [0.15, 0.2) is 29.6 Å². The van der Waals surface area contributed by atoms with Gasteiger partial charge in [-0.1, -0.05) is 18.2 Å². The fraction of sp³-hybridized carbons (Fsp3) is 0.286. The molecule has 0 fully saturated rings. The molecule has 0 aliphatic carbocycles. The topological polar surface area (TPSA) is 63.2 Å². The number of carbonyl (C=O) groups excluding carboxylic acids is 1. The summed E-state index contributed by atoms with van der Waals surface area (Å²) in [6, 6.07) is 7.89. The number of amides is 1. The van der Waals surface area contributed by atoms with Crippen LogP contribution in [-0.2, 0) is 17.9 Å². The number of ether oxygens (including phenoxy) is 1. The number of anilines is 1. The standard InChI is InChI=1S/C14H17N3O2S/c1-10(18)16-14-17-12(9-20-14)8-19-13-6-4-3-5-11(13)7-15-2/h3-6,9,15H,7-8H2,1-2H3,(H,16,17,18). The molecule has 1 aromatic carbocycles. The Morgan fingerprint density at radius 2 is 2.20 bits per heavy atom. The van der Waals surface area contributed by atoms with Gasteiger partial charge < -0.3 is 15.4 Å². The minimum absolute atomic E-state index is 0.119. The van der Waals surface area contributed by atoms with Crippen LogP contribution < -0.4 is 15.4 Å². The zero-order valence-corrected chi connectivity index (χ0v) is 12.3. The number of rotatable bonds is 6. The first-order valence-corrected chi connectivity index (χ1v) is 7.14. The Kier molecular flexibility index (Phi) is 5.09. The van der Waals surface area contributed by atoms with Crippen molar-refractivity contribution < 1.29 is 9.53 Å². The lowest BCUT2D eigenvalue weighted by Gasteiger charge is -2.09. The van der Waals surface area contributed by atoms with Crippen molar-refractivity contribution in [2.24, 2.45) is 0 Å². The van der Waals surface area contributed by atoms with E-state index in [2.05, 4.69) is 15.6 Å². The highest BCUT2D eigenvalue weighted by Crippen LogP contribution is 2.21. The van der Waals surface area contributed by atoms with Gasteiger partial charge in [-0.25, -0.2) is 4.98 Å². The number of para-hydroxylation sites is 1. The van der Waals surface area contributed by atoms with E-state index >= 15 is 0 Å². The summed E-state index contributed by atoms with van der Waals surface area (Å²) in [5, 5.41) is 8.24. The Hall–Kier alpha value is -1.92. The molecule has 0 atom stereocenters. The van der Waals surface area contributed by atoms with Crippen LogP contribution >= 0.6 is 11.3 Å². The molecular weight excluding hydrogens is 274 g/mol. The lowest BCUT2D eigenvalue weighted by atomic mass is 10.2. The van der Waals surface area contributed by atoms with E-state index in [1.54, 1.807) is 0 Å². The van der Waals surface area contributed by atoms with Gasteiger partial charge in [0.1, 0.15) is 12.4 Å². The van der Waals surface area contributed by atoms with Crippen molar-refractivity contribution in [3.05, 3.63) is 40.9 Å². The van der Waals surface area contributed by atoms with Gasteiger partial charge in [-0.2, -0.15) is 0 Å². The lowest BCUT2D eigenvalue weighted by molar-refractivity contribution is -0.114. The van der Waals surface area contributed by atoms with Crippen molar-refractivity contribution in [3.63, 3.8) is 0 Å². The SMILES string of the molecule is CNCc1ccccc1OCc1csc(NC(C)=O)n1. The largest absolute Gasteiger partial charge is 0.487 e. The van der Waals surface area contributed by atoms with E-state index < -0.39 is 0 Å². The van der Waals surface area contributed by atoms with Gasteiger partial charge in [-0.05, 0) is 13.1 Å². The van der Waals surface area contributed by atoms with E-state index in [1.807, 2.05) is 36.7 Å². The summed E-state index contributed by atoms with van der Waals surface area (Å²) in [7, 11) is 1.90. The zero-order chi connectivity index (χ0) is 14.4. The van der Waals surface area contributed by atoms with E-state index in [4.69, 9.17) is 4.74 Å². The zero-order valence-electron chi connectivity index (χ0n) is 11.5. The molecule has 1 aromatic heterocycles. The van der Waals surface area contributed by atoms with Gasteiger partial charge in [0.25, 0.3) is 0 Å². The van der Waals surface area contributed by atoms with Crippen LogP contribution in [-0.4, -0.2) is 17.9 Å². The van der Waals surface area contributed by atoms with Gasteiger partial charge in [-0.15, -0.1) is 11.3 Å². The van der Waals surface area contributed by atoms with Crippen molar-refractivity contribution in [3.8, 4) is 5.75 Å². The van der Waals surface area contributed by atoms with Gasteiger partial charge in [0.2, 0.25) is 5.91 Å². The van der Waals surface area contributed by atoms with Crippen molar-refractivity contribution in [1.82, 2.24) is 10.3 Å². The minimum atomic E-state index is -0.119. The second kappa shape index (κ2) is 7.02. The van der Waals surface area contributed by atoms with Crippen molar-refractivity contribution in [2.75, 3.05) is 12.4 Å². The maximum atomic E-state index is 10.9. The number of benzene rings is 1. The molecule has 2 aromatic rings. The average molecular weight is 291 g/mol. The summed E-state index contributed by atoms with van der Waals surface area (Å²) < 4.78 is 5.79. The normalized spacial score (nSPS) is 10.3. The minimum Gasteiger partial charge on any atom is -0.487 e. The van der Waals surface area contributed by atoms with E-state index in [9.17, 15) is 4.79 Å². The second-order valence-corrected chi connectivity index (χ2v) is 5.11. The number of nitrogens with one attached hydrogen (secondary N) is 2. The number of hydrogen-bond acceptors (Lipinski definition) is 5. The van der Waals surface area contributed by atoms with Gasteiger partial charge in [0.05, 0.1) is 5.69 Å². The quantitative estimate of drug-likeness (QED) is 0.858. The maximum absolute atomic E-state index is 10.9. The molecule has 0 saturated carbocycles. The average Bonchev–Trinajstić information content (AvgIpc) is 2.85. The predicted molar refractivity (Wildman–Crippen MR) is 80.0 cm³/mol. The number of aromatic nitrogens is 1. The van der Waals surface area contributed by atoms with Crippen LogP contribution in [0.25, 0.3) is 0 Å².